The van der Waals surface area contributed by atoms with Gasteiger partial charge in [-0.25, -0.2) is 4.79 Å². The lowest BCUT2D eigenvalue weighted by Gasteiger charge is -2.36. The summed E-state index contributed by atoms with van der Waals surface area (Å²) in [6, 6.07) is 39.5. The summed E-state index contributed by atoms with van der Waals surface area (Å²) in [5.41, 5.74) is 17.5. The Balaban J connectivity index is 0.000000121. The first-order chi connectivity index (χ1) is 33.5. The van der Waals surface area contributed by atoms with Gasteiger partial charge in [-0.15, -0.1) is 0 Å². The molecule has 6 bridgehead atoms. The van der Waals surface area contributed by atoms with Gasteiger partial charge < -0.3 is 20.2 Å². The number of halogens is 3. The van der Waals surface area contributed by atoms with Crippen LogP contribution in [0.15, 0.2) is 123 Å². The standard InChI is InChI=1S/2C20H20BrNO.C11H12BrN.C9H10O2/c2*1-12-3-4-15(9-13(12)2)20(23)22-17-7-8-19(22)18-11-16(21)6-5-14(18)10-17;12-8-2-1-7-5-9-3-4-11(13-9)10(7)6-8;1-6-3-4-8(9(10)11)5-7(6)2/h2*3-6,9,11,17,19H,7-8,10H2,1-2H3;1-2,6,9,11,13H,3-5H2;3-5H,1-2H3,(H,10,11)/t2*17-,19+;;/m10../s1. The number of nitrogens with zero attached hydrogens (tertiary/aromatic N) is 2. The summed E-state index contributed by atoms with van der Waals surface area (Å²) in [7, 11) is 0. The van der Waals surface area contributed by atoms with Crippen molar-refractivity contribution in [1.29, 1.82) is 0 Å². The zero-order valence-corrected chi connectivity index (χ0v) is 45.7. The minimum atomic E-state index is -0.867. The van der Waals surface area contributed by atoms with E-state index in [2.05, 4.69) is 157 Å². The third-order valence-corrected chi connectivity index (χ3v) is 17.3. The van der Waals surface area contributed by atoms with E-state index in [1.54, 1.807) is 17.7 Å². The van der Waals surface area contributed by atoms with Crippen molar-refractivity contribution in [1.82, 2.24) is 15.1 Å². The molecule has 0 aliphatic carbocycles. The molecule has 6 aliphatic heterocycles. The number of aromatic carboxylic acids is 1. The predicted octanol–water partition coefficient (Wildman–Crippen LogP) is 14.7. The van der Waals surface area contributed by atoms with E-state index in [0.717, 1.165) is 75.8 Å². The molecule has 2 amide bonds. The molecule has 6 heterocycles. The molecule has 362 valence electrons. The summed E-state index contributed by atoms with van der Waals surface area (Å²) in [4.78, 5) is 41.0. The number of rotatable bonds is 3. The number of fused-ring (bicyclic) bond motifs is 12. The van der Waals surface area contributed by atoms with Crippen molar-refractivity contribution in [3.63, 3.8) is 0 Å². The van der Waals surface area contributed by atoms with Gasteiger partial charge in [0.25, 0.3) is 11.8 Å². The molecule has 2 N–H and O–H groups in total. The Morgan fingerprint density at radius 1 is 0.457 bits per heavy atom. The monoisotopic (exact) mass is 1130 g/mol. The molecule has 0 radical (unpaired) electrons. The topological polar surface area (TPSA) is 90.0 Å². The number of carboxylic acids is 1. The average Bonchev–Trinajstić information content (AvgIpc) is 4.00. The lowest BCUT2D eigenvalue weighted by molar-refractivity contribution is 0.0638. The lowest BCUT2D eigenvalue weighted by atomic mass is 9.92. The maximum Gasteiger partial charge on any atom is 0.335 e. The third-order valence-electron chi connectivity index (χ3n) is 15.8. The number of hydrogen-bond acceptors (Lipinski definition) is 4. The van der Waals surface area contributed by atoms with Crippen LogP contribution in [0.25, 0.3) is 0 Å². The predicted molar refractivity (Wildman–Crippen MR) is 291 cm³/mol. The normalized spacial score (nSPS) is 21.7. The molecule has 10 heteroatoms. The highest BCUT2D eigenvalue weighted by Gasteiger charge is 2.44. The van der Waals surface area contributed by atoms with Gasteiger partial charge in [-0.3, -0.25) is 9.59 Å². The summed E-state index contributed by atoms with van der Waals surface area (Å²) in [5.74, 6) is -0.495. The van der Waals surface area contributed by atoms with Crippen molar-refractivity contribution < 1.29 is 19.5 Å². The van der Waals surface area contributed by atoms with Crippen LogP contribution in [0.5, 0.6) is 0 Å². The van der Waals surface area contributed by atoms with Crippen molar-refractivity contribution >= 4 is 65.6 Å². The van der Waals surface area contributed by atoms with Crippen molar-refractivity contribution in [3.8, 4) is 0 Å². The quantitative estimate of drug-likeness (QED) is 0.184. The van der Waals surface area contributed by atoms with E-state index in [0.29, 0.717) is 23.7 Å². The first kappa shape index (κ1) is 50.1. The highest BCUT2D eigenvalue weighted by atomic mass is 79.9. The van der Waals surface area contributed by atoms with E-state index < -0.39 is 5.97 Å². The number of hydrogen-bond donors (Lipinski definition) is 2. The summed E-state index contributed by atoms with van der Waals surface area (Å²) >= 11 is 10.7. The van der Waals surface area contributed by atoms with Crippen LogP contribution in [0.4, 0.5) is 0 Å². The molecule has 7 nitrogen and oxygen atoms in total. The number of nitrogens with one attached hydrogen (secondary N) is 1. The van der Waals surface area contributed by atoms with Gasteiger partial charge in [0.1, 0.15) is 0 Å². The fourth-order valence-electron chi connectivity index (χ4n) is 11.5. The van der Waals surface area contributed by atoms with Gasteiger partial charge in [-0.1, -0.05) is 84.2 Å². The highest BCUT2D eigenvalue weighted by Crippen LogP contribution is 2.47. The van der Waals surface area contributed by atoms with Crippen LogP contribution >= 0.6 is 47.8 Å². The zero-order valence-electron chi connectivity index (χ0n) is 40.9. The van der Waals surface area contributed by atoms with E-state index >= 15 is 0 Å². The molecule has 2 unspecified atom stereocenters. The van der Waals surface area contributed by atoms with Gasteiger partial charge in [-0.05, 0) is 239 Å². The molecule has 6 atom stereocenters. The van der Waals surface area contributed by atoms with Crippen LogP contribution in [0, 0.1) is 41.5 Å². The Bertz CT molecular complexity index is 2870. The van der Waals surface area contributed by atoms with Gasteiger partial charge >= 0.3 is 5.97 Å². The van der Waals surface area contributed by atoms with E-state index in [-0.39, 0.29) is 23.9 Å². The number of carboxylic acid groups (broad SMARTS) is 1. The van der Waals surface area contributed by atoms with Crippen LogP contribution in [0.3, 0.4) is 0 Å². The summed E-state index contributed by atoms with van der Waals surface area (Å²) in [6.07, 6.45) is 10.2. The van der Waals surface area contributed by atoms with Crippen LogP contribution in [0.1, 0.15) is 154 Å². The maximum atomic E-state index is 13.1. The molecule has 3 saturated heterocycles. The summed E-state index contributed by atoms with van der Waals surface area (Å²) < 4.78 is 3.40. The molecule has 3 fully saturated rings. The molecule has 0 saturated carbocycles. The van der Waals surface area contributed by atoms with Crippen LogP contribution in [-0.4, -0.2) is 50.8 Å². The van der Waals surface area contributed by atoms with Crippen molar-refractivity contribution in [2.45, 2.75) is 136 Å². The van der Waals surface area contributed by atoms with E-state index in [1.165, 1.54) is 73.8 Å². The minimum absolute atomic E-state index is 0.186. The molecule has 12 rings (SSSR count). The van der Waals surface area contributed by atoms with Gasteiger partial charge in [0, 0.05) is 48.7 Å². The zero-order chi connectivity index (χ0) is 49.5. The molecular formula is C60H62Br3N3O4. The fraction of sp³-hybridized carbons (Fsp3) is 0.350. The largest absolute Gasteiger partial charge is 0.478 e. The number of carbonyl (C=O) groups is 3. The lowest BCUT2D eigenvalue weighted by Crippen LogP contribution is -2.41. The SMILES string of the molecule is Brc1ccc2c(c1)C1CCC(C2)N1.Cc1ccc(C(=O)N2[C@@H]3CC[C@H]2c2cc(Br)ccc2C3)cc1C.Cc1ccc(C(=O)N2[C@H]3CC[C@@H]2c2cc(Br)ccc2C3)cc1C.Cc1ccc(C(=O)O)cc1C. The Hall–Kier alpha value is -4.87. The smallest absolute Gasteiger partial charge is 0.335 e. The molecule has 0 aromatic heterocycles. The molecule has 6 aromatic rings. The fourth-order valence-corrected chi connectivity index (χ4v) is 12.6. The summed E-state index contributed by atoms with van der Waals surface area (Å²) in [5, 5.41) is 12.3. The first-order valence-electron chi connectivity index (χ1n) is 24.7. The number of benzene rings is 6. The second-order valence-corrected chi connectivity index (χ2v) is 23.0. The van der Waals surface area contributed by atoms with Crippen LogP contribution < -0.4 is 5.32 Å². The Morgan fingerprint density at radius 3 is 1.29 bits per heavy atom. The van der Waals surface area contributed by atoms with Gasteiger partial charge in [0.05, 0.1) is 17.6 Å². The van der Waals surface area contributed by atoms with Gasteiger partial charge in [0.15, 0.2) is 0 Å². The summed E-state index contributed by atoms with van der Waals surface area (Å²) in [6.45, 7) is 12.2. The Labute approximate surface area is 438 Å². The van der Waals surface area contributed by atoms with Crippen LogP contribution in [-0.2, 0) is 19.3 Å². The first-order valence-corrected chi connectivity index (χ1v) is 27.1. The molecule has 6 aromatic carbocycles. The second-order valence-electron chi connectivity index (χ2n) is 20.3. The number of amides is 2. The minimum Gasteiger partial charge on any atom is -0.478 e. The molecular weight excluding hydrogens is 1070 g/mol. The van der Waals surface area contributed by atoms with E-state index in [1.807, 2.05) is 44.2 Å². The van der Waals surface area contributed by atoms with Crippen LogP contribution in [0.2, 0.25) is 0 Å². The van der Waals surface area contributed by atoms with E-state index in [9.17, 15) is 14.4 Å². The van der Waals surface area contributed by atoms with Crippen molar-refractivity contribution in [2.75, 3.05) is 0 Å². The molecule has 6 aliphatic rings. The van der Waals surface area contributed by atoms with Gasteiger partial charge in [0.2, 0.25) is 0 Å². The van der Waals surface area contributed by atoms with Crippen molar-refractivity contribution in [3.05, 3.63) is 206 Å². The molecule has 70 heavy (non-hydrogen) atoms. The second kappa shape index (κ2) is 21.1. The van der Waals surface area contributed by atoms with Crippen molar-refractivity contribution in [2.24, 2.45) is 0 Å². The van der Waals surface area contributed by atoms with Gasteiger partial charge in [-0.2, -0.15) is 0 Å². The highest BCUT2D eigenvalue weighted by molar-refractivity contribution is 9.11. The average molecular weight is 1130 g/mol. The number of aryl methyl sites for hydroxylation is 6. The Kier molecular flexibility index (Phi) is 15.1. The third kappa shape index (κ3) is 10.5. The Morgan fingerprint density at radius 2 is 0.857 bits per heavy atom. The van der Waals surface area contributed by atoms with E-state index in [4.69, 9.17) is 5.11 Å². The molecule has 0 spiro atoms. The number of carbonyl (C=O) groups excluding carboxylic acids is 2. The maximum absolute atomic E-state index is 13.1.